The zero-order valence-corrected chi connectivity index (χ0v) is 7.91. The lowest BCUT2D eigenvalue weighted by molar-refractivity contribution is 0.824. The van der Waals surface area contributed by atoms with Crippen molar-refractivity contribution in [1.82, 2.24) is 0 Å². The third-order valence-corrected chi connectivity index (χ3v) is 2.86. The van der Waals surface area contributed by atoms with Gasteiger partial charge in [-0.1, -0.05) is 11.6 Å². The molecule has 1 N–H and O–H groups in total. The van der Waals surface area contributed by atoms with Crippen molar-refractivity contribution in [3.05, 3.63) is 28.3 Å². The van der Waals surface area contributed by atoms with Crippen molar-refractivity contribution in [2.45, 2.75) is 19.8 Å². The van der Waals surface area contributed by atoms with E-state index in [9.17, 15) is 0 Å². The van der Waals surface area contributed by atoms with Gasteiger partial charge >= 0.3 is 0 Å². The second kappa shape index (κ2) is 2.98. The molecule has 1 aliphatic heterocycles. The maximum absolute atomic E-state index is 6.02. The molecule has 0 saturated heterocycles. The van der Waals surface area contributed by atoms with Crippen molar-refractivity contribution < 1.29 is 0 Å². The lowest BCUT2D eigenvalue weighted by Gasteiger charge is -2.20. The van der Waals surface area contributed by atoms with Crippen LogP contribution in [0.5, 0.6) is 0 Å². The Labute approximate surface area is 77.7 Å². The van der Waals surface area contributed by atoms with Crippen LogP contribution in [0.2, 0.25) is 5.02 Å². The molecule has 1 aromatic carbocycles. The Kier molecular flexibility index (Phi) is 1.97. The molecule has 2 rings (SSSR count). The van der Waals surface area contributed by atoms with Gasteiger partial charge in [-0.05, 0) is 43.0 Å². The van der Waals surface area contributed by atoms with E-state index in [1.807, 2.05) is 6.07 Å². The van der Waals surface area contributed by atoms with Gasteiger partial charge < -0.3 is 5.32 Å². The molecule has 0 atom stereocenters. The summed E-state index contributed by atoms with van der Waals surface area (Å²) in [5, 5.41) is 4.26. The normalized spacial score (nSPS) is 15.2. The maximum atomic E-state index is 6.02. The minimum absolute atomic E-state index is 0.887. The molecule has 12 heavy (non-hydrogen) atoms. The summed E-state index contributed by atoms with van der Waals surface area (Å²) in [7, 11) is 0. The highest BCUT2D eigenvalue weighted by Gasteiger charge is 2.11. The van der Waals surface area contributed by atoms with E-state index in [1.165, 1.54) is 23.2 Å². The average Bonchev–Trinajstić information content (AvgIpc) is 2.12. The van der Waals surface area contributed by atoms with Gasteiger partial charge in [0.05, 0.1) is 0 Å². The summed E-state index contributed by atoms with van der Waals surface area (Å²) in [5.41, 5.74) is 3.90. The van der Waals surface area contributed by atoms with E-state index in [0.29, 0.717) is 0 Å². The van der Waals surface area contributed by atoms with Gasteiger partial charge in [0.2, 0.25) is 0 Å². The molecule has 2 heteroatoms. The molecule has 1 aliphatic rings. The molecule has 0 fully saturated rings. The van der Waals surface area contributed by atoms with Crippen molar-refractivity contribution in [3.8, 4) is 0 Å². The molecular formula is C10H12ClN. The number of halogens is 1. The van der Waals surface area contributed by atoms with Crippen LogP contribution >= 0.6 is 11.6 Å². The molecule has 0 spiro atoms. The summed E-state index contributed by atoms with van der Waals surface area (Å²) in [6.07, 6.45) is 2.38. The molecule has 1 nitrogen and oxygen atoms in total. The first-order valence-electron chi connectivity index (χ1n) is 4.31. The molecule has 0 saturated carbocycles. The van der Waals surface area contributed by atoms with E-state index in [-0.39, 0.29) is 0 Å². The first-order chi connectivity index (χ1) is 5.79. The van der Waals surface area contributed by atoms with Gasteiger partial charge in [0.1, 0.15) is 0 Å². The van der Waals surface area contributed by atoms with Crippen LogP contribution in [-0.4, -0.2) is 6.54 Å². The molecule has 0 unspecified atom stereocenters. The number of rotatable bonds is 0. The van der Waals surface area contributed by atoms with Crippen LogP contribution in [0.1, 0.15) is 17.5 Å². The van der Waals surface area contributed by atoms with E-state index >= 15 is 0 Å². The lowest BCUT2D eigenvalue weighted by Crippen LogP contribution is -2.12. The fourth-order valence-corrected chi connectivity index (χ4v) is 1.88. The van der Waals surface area contributed by atoms with Gasteiger partial charge in [0.25, 0.3) is 0 Å². The highest BCUT2D eigenvalue weighted by molar-refractivity contribution is 6.31. The molecule has 0 bridgehead atoms. The second-order valence-corrected chi connectivity index (χ2v) is 3.64. The smallest absolute Gasteiger partial charge is 0.0439 e. The molecule has 0 aromatic heterocycles. The van der Waals surface area contributed by atoms with Crippen LogP contribution < -0.4 is 5.32 Å². The maximum Gasteiger partial charge on any atom is 0.0439 e. The minimum Gasteiger partial charge on any atom is -0.385 e. The zero-order chi connectivity index (χ0) is 8.55. The predicted octanol–water partition coefficient (Wildman–Crippen LogP) is 3.01. The Hall–Kier alpha value is -0.690. The highest BCUT2D eigenvalue weighted by Crippen LogP contribution is 2.29. The van der Waals surface area contributed by atoms with E-state index in [4.69, 9.17) is 11.6 Å². The Morgan fingerprint density at radius 3 is 3.08 bits per heavy atom. The summed E-state index contributed by atoms with van der Waals surface area (Å²) in [6, 6.07) is 4.04. The standard InChI is InChI=1S/C10H12ClN/c1-7-8-3-2-6-12-10(8)5-4-9(7)11/h4-5,12H,2-3,6H2,1H3. The first-order valence-corrected chi connectivity index (χ1v) is 4.68. The van der Waals surface area contributed by atoms with Crippen LogP contribution in [-0.2, 0) is 6.42 Å². The van der Waals surface area contributed by atoms with Crippen LogP contribution in [0.25, 0.3) is 0 Å². The molecule has 1 heterocycles. The molecular weight excluding hydrogens is 170 g/mol. The van der Waals surface area contributed by atoms with Crippen molar-refractivity contribution in [3.63, 3.8) is 0 Å². The van der Waals surface area contributed by atoms with E-state index < -0.39 is 0 Å². The van der Waals surface area contributed by atoms with Crippen LogP contribution in [0.3, 0.4) is 0 Å². The number of anilines is 1. The van der Waals surface area contributed by atoms with Gasteiger partial charge in [0, 0.05) is 17.3 Å². The lowest BCUT2D eigenvalue weighted by atomic mass is 9.99. The highest BCUT2D eigenvalue weighted by atomic mass is 35.5. The van der Waals surface area contributed by atoms with Crippen LogP contribution in [0.15, 0.2) is 12.1 Å². The van der Waals surface area contributed by atoms with Crippen molar-refractivity contribution in [1.29, 1.82) is 0 Å². The summed E-state index contributed by atoms with van der Waals surface area (Å²) in [6.45, 7) is 3.18. The van der Waals surface area contributed by atoms with Gasteiger partial charge in [0.15, 0.2) is 0 Å². The zero-order valence-electron chi connectivity index (χ0n) is 7.15. The van der Waals surface area contributed by atoms with E-state index in [0.717, 1.165) is 18.0 Å². The molecule has 0 radical (unpaired) electrons. The molecule has 1 aromatic rings. The Bertz CT molecular complexity index is 307. The number of fused-ring (bicyclic) bond motifs is 1. The Morgan fingerprint density at radius 2 is 2.25 bits per heavy atom. The number of hydrogen-bond donors (Lipinski definition) is 1. The summed E-state index contributed by atoms with van der Waals surface area (Å²) < 4.78 is 0. The Morgan fingerprint density at radius 1 is 1.42 bits per heavy atom. The molecule has 0 amide bonds. The first kappa shape index (κ1) is 7.93. The molecule has 0 aliphatic carbocycles. The fourth-order valence-electron chi connectivity index (χ4n) is 1.70. The van der Waals surface area contributed by atoms with Gasteiger partial charge in [-0.15, -0.1) is 0 Å². The SMILES string of the molecule is Cc1c(Cl)ccc2c1CCCN2. The minimum atomic E-state index is 0.887. The average molecular weight is 182 g/mol. The number of benzene rings is 1. The van der Waals surface area contributed by atoms with E-state index in [1.54, 1.807) is 0 Å². The second-order valence-electron chi connectivity index (χ2n) is 3.23. The van der Waals surface area contributed by atoms with Crippen molar-refractivity contribution >= 4 is 17.3 Å². The third kappa shape index (κ3) is 1.18. The predicted molar refractivity (Wildman–Crippen MR) is 53.0 cm³/mol. The largest absolute Gasteiger partial charge is 0.385 e. The number of hydrogen-bond acceptors (Lipinski definition) is 1. The number of nitrogens with one attached hydrogen (secondary N) is 1. The topological polar surface area (TPSA) is 12.0 Å². The fraction of sp³-hybridized carbons (Fsp3) is 0.400. The monoisotopic (exact) mass is 181 g/mol. The van der Waals surface area contributed by atoms with Crippen molar-refractivity contribution in [2.24, 2.45) is 0 Å². The summed E-state index contributed by atoms with van der Waals surface area (Å²) in [5.74, 6) is 0. The Balaban J connectivity index is 2.54. The summed E-state index contributed by atoms with van der Waals surface area (Å²) >= 11 is 6.02. The van der Waals surface area contributed by atoms with Gasteiger partial charge in [-0.25, -0.2) is 0 Å². The third-order valence-electron chi connectivity index (χ3n) is 2.45. The molecule has 64 valence electrons. The van der Waals surface area contributed by atoms with Crippen LogP contribution in [0.4, 0.5) is 5.69 Å². The van der Waals surface area contributed by atoms with Crippen LogP contribution in [0, 0.1) is 6.92 Å². The van der Waals surface area contributed by atoms with Crippen molar-refractivity contribution in [2.75, 3.05) is 11.9 Å². The summed E-state index contributed by atoms with van der Waals surface area (Å²) in [4.78, 5) is 0. The van der Waals surface area contributed by atoms with Gasteiger partial charge in [-0.2, -0.15) is 0 Å². The van der Waals surface area contributed by atoms with Gasteiger partial charge in [-0.3, -0.25) is 0 Å². The quantitative estimate of drug-likeness (QED) is 0.649. The van der Waals surface area contributed by atoms with E-state index in [2.05, 4.69) is 18.3 Å².